The number of rotatable bonds is 4. The van der Waals surface area contributed by atoms with Crippen molar-refractivity contribution >= 4 is 17.9 Å². The Labute approximate surface area is 111 Å². The van der Waals surface area contributed by atoms with Crippen LogP contribution in [0.25, 0.3) is 0 Å². The van der Waals surface area contributed by atoms with E-state index in [-0.39, 0.29) is 5.91 Å². The summed E-state index contributed by atoms with van der Waals surface area (Å²) in [5.74, 6) is 0.494. The van der Waals surface area contributed by atoms with Gasteiger partial charge in [0.2, 0.25) is 0 Å². The van der Waals surface area contributed by atoms with Crippen molar-refractivity contribution in [2.45, 2.75) is 0 Å². The topological polar surface area (TPSA) is 55.4 Å². The van der Waals surface area contributed by atoms with Crippen LogP contribution < -0.4 is 10.1 Å². The average Bonchev–Trinajstić information content (AvgIpc) is 2.48. The fourth-order valence-electron chi connectivity index (χ4n) is 1.59. The van der Waals surface area contributed by atoms with Crippen LogP contribution in [0.4, 0.5) is 5.69 Å². The van der Waals surface area contributed by atoms with Crippen molar-refractivity contribution in [3.63, 3.8) is 0 Å². The Morgan fingerprint density at radius 3 is 2.21 bits per heavy atom. The fourth-order valence-corrected chi connectivity index (χ4v) is 1.59. The van der Waals surface area contributed by atoms with Crippen LogP contribution in [0.3, 0.4) is 0 Å². The summed E-state index contributed by atoms with van der Waals surface area (Å²) in [5.41, 5.74) is 1.76. The normalized spacial score (nSPS) is 9.74. The first-order chi connectivity index (χ1) is 9.22. The molecule has 0 heterocycles. The van der Waals surface area contributed by atoms with Crippen LogP contribution in [0.15, 0.2) is 48.5 Å². The van der Waals surface area contributed by atoms with Crippen LogP contribution >= 0.6 is 0 Å². The summed E-state index contributed by atoms with van der Waals surface area (Å²) in [5, 5.41) is 2.75. The molecule has 0 aliphatic heterocycles. The van der Waals surface area contributed by atoms with Gasteiger partial charge >= 0.3 is 0 Å². The molecule has 0 atom stereocenters. The molecule has 1 amide bonds. The van der Waals surface area contributed by atoms with E-state index < -0.39 is 0 Å². The summed E-state index contributed by atoms with van der Waals surface area (Å²) in [7, 11) is 1.57. The molecule has 0 unspecified atom stereocenters. The van der Waals surface area contributed by atoms with Crippen molar-refractivity contribution in [1.82, 2.24) is 0 Å². The molecule has 0 fully saturated rings. The van der Waals surface area contributed by atoms with Gasteiger partial charge in [0.1, 0.15) is 12.0 Å². The van der Waals surface area contributed by atoms with Gasteiger partial charge in [0.05, 0.1) is 7.11 Å². The highest BCUT2D eigenvalue weighted by molar-refractivity contribution is 6.04. The summed E-state index contributed by atoms with van der Waals surface area (Å²) in [4.78, 5) is 22.5. The number of carbonyl (C=O) groups excluding carboxylic acids is 2. The molecule has 4 nitrogen and oxygen atoms in total. The highest BCUT2D eigenvalue weighted by Gasteiger charge is 2.06. The first-order valence-electron chi connectivity index (χ1n) is 5.73. The van der Waals surface area contributed by atoms with Crippen molar-refractivity contribution < 1.29 is 14.3 Å². The van der Waals surface area contributed by atoms with Gasteiger partial charge in [0.25, 0.3) is 5.91 Å². The maximum Gasteiger partial charge on any atom is 0.255 e. The molecule has 0 radical (unpaired) electrons. The maximum absolute atomic E-state index is 11.9. The summed E-state index contributed by atoms with van der Waals surface area (Å²) in [6, 6.07) is 13.5. The number of aldehydes is 1. The van der Waals surface area contributed by atoms with Crippen LogP contribution in [-0.4, -0.2) is 19.3 Å². The van der Waals surface area contributed by atoms with Crippen molar-refractivity contribution in [3.05, 3.63) is 59.7 Å². The summed E-state index contributed by atoms with van der Waals surface area (Å²) >= 11 is 0. The minimum Gasteiger partial charge on any atom is -0.497 e. The van der Waals surface area contributed by atoms with Gasteiger partial charge in [-0.15, -0.1) is 0 Å². The number of methoxy groups -OCH3 is 1. The third kappa shape index (κ3) is 3.19. The number of nitrogens with one attached hydrogen (secondary N) is 1. The molecular weight excluding hydrogens is 242 g/mol. The molecule has 19 heavy (non-hydrogen) atoms. The monoisotopic (exact) mass is 255 g/mol. The van der Waals surface area contributed by atoms with Crippen molar-refractivity contribution in [1.29, 1.82) is 0 Å². The average molecular weight is 255 g/mol. The molecular formula is C15H13NO3. The summed E-state index contributed by atoms with van der Waals surface area (Å²) < 4.78 is 5.03. The van der Waals surface area contributed by atoms with Crippen LogP contribution in [0.1, 0.15) is 20.7 Å². The van der Waals surface area contributed by atoms with Crippen molar-refractivity contribution in [2.24, 2.45) is 0 Å². The quantitative estimate of drug-likeness (QED) is 0.855. The molecule has 0 aromatic heterocycles. The van der Waals surface area contributed by atoms with E-state index in [1.165, 1.54) is 0 Å². The van der Waals surface area contributed by atoms with E-state index in [9.17, 15) is 9.59 Å². The van der Waals surface area contributed by atoms with Crippen LogP contribution in [0.2, 0.25) is 0 Å². The van der Waals surface area contributed by atoms with Crippen LogP contribution in [0, 0.1) is 0 Å². The van der Waals surface area contributed by atoms with Gasteiger partial charge in [0, 0.05) is 16.8 Å². The van der Waals surface area contributed by atoms with Crippen LogP contribution in [0.5, 0.6) is 5.75 Å². The predicted molar refractivity (Wildman–Crippen MR) is 72.8 cm³/mol. The van der Waals surface area contributed by atoms with Crippen molar-refractivity contribution in [3.8, 4) is 5.75 Å². The molecule has 0 bridgehead atoms. The molecule has 96 valence electrons. The molecule has 0 saturated heterocycles. The second kappa shape index (κ2) is 5.82. The Morgan fingerprint density at radius 2 is 1.68 bits per heavy atom. The highest BCUT2D eigenvalue weighted by atomic mass is 16.5. The Balaban J connectivity index is 2.08. The molecule has 2 rings (SSSR count). The lowest BCUT2D eigenvalue weighted by atomic mass is 10.2. The molecule has 0 spiro atoms. The molecule has 0 aliphatic carbocycles. The van der Waals surface area contributed by atoms with Gasteiger partial charge < -0.3 is 10.1 Å². The van der Waals surface area contributed by atoms with Crippen LogP contribution in [-0.2, 0) is 0 Å². The zero-order valence-electron chi connectivity index (χ0n) is 10.4. The van der Waals surface area contributed by atoms with E-state index in [1.54, 1.807) is 55.6 Å². The standard InChI is InChI=1S/C15H13NO3/c1-19-14-8-4-12(5-9-14)15(18)16-13-6-2-11(10-17)3-7-13/h2-10H,1H3,(H,16,18). The van der Waals surface area contributed by atoms with Crippen molar-refractivity contribution in [2.75, 3.05) is 12.4 Å². The molecule has 0 saturated carbocycles. The van der Waals surface area contributed by atoms with Gasteiger partial charge in [0.15, 0.2) is 0 Å². The first kappa shape index (κ1) is 12.8. The zero-order chi connectivity index (χ0) is 13.7. The third-order valence-electron chi connectivity index (χ3n) is 2.66. The Kier molecular flexibility index (Phi) is 3.93. The Morgan fingerprint density at radius 1 is 1.05 bits per heavy atom. The second-order valence-corrected chi connectivity index (χ2v) is 3.92. The number of amides is 1. The van der Waals surface area contributed by atoms with Gasteiger partial charge in [-0.2, -0.15) is 0 Å². The van der Waals surface area contributed by atoms with Gasteiger partial charge in [-0.05, 0) is 48.5 Å². The lowest BCUT2D eigenvalue weighted by Crippen LogP contribution is -2.11. The molecule has 2 aromatic rings. The fraction of sp³-hybridized carbons (Fsp3) is 0.0667. The Bertz CT molecular complexity index is 573. The van der Waals surface area contributed by atoms with E-state index in [4.69, 9.17) is 4.74 Å². The number of carbonyl (C=O) groups is 2. The summed E-state index contributed by atoms with van der Waals surface area (Å²) in [6.07, 6.45) is 0.759. The molecule has 1 N–H and O–H groups in total. The predicted octanol–water partition coefficient (Wildman–Crippen LogP) is 2.76. The number of hydrogen-bond donors (Lipinski definition) is 1. The third-order valence-corrected chi connectivity index (χ3v) is 2.66. The minimum absolute atomic E-state index is 0.207. The Hall–Kier alpha value is -2.62. The van der Waals surface area contributed by atoms with E-state index in [2.05, 4.69) is 5.32 Å². The zero-order valence-corrected chi connectivity index (χ0v) is 10.4. The van der Waals surface area contributed by atoms with E-state index in [0.717, 1.165) is 6.29 Å². The maximum atomic E-state index is 11.9. The van der Waals surface area contributed by atoms with E-state index >= 15 is 0 Å². The van der Waals surface area contributed by atoms with E-state index in [0.29, 0.717) is 22.6 Å². The number of anilines is 1. The number of ether oxygens (including phenoxy) is 1. The minimum atomic E-state index is -0.207. The highest BCUT2D eigenvalue weighted by Crippen LogP contribution is 2.14. The number of benzene rings is 2. The van der Waals surface area contributed by atoms with Gasteiger partial charge in [-0.3, -0.25) is 9.59 Å². The van der Waals surface area contributed by atoms with E-state index in [1.807, 2.05) is 0 Å². The van der Waals surface area contributed by atoms with Gasteiger partial charge in [-0.1, -0.05) is 0 Å². The van der Waals surface area contributed by atoms with Gasteiger partial charge in [-0.25, -0.2) is 0 Å². The largest absolute Gasteiger partial charge is 0.497 e. The number of hydrogen-bond acceptors (Lipinski definition) is 3. The lowest BCUT2D eigenvalue weighted by molar-refractivity contribution is 0.102. The molecule has 0 aliphatic rings. The molecule has 2 aromatic carbocycles. The first-order valence-corrected chi connectivity index (χ1v) is 5.73. The SMILES string of the molecule is COc1ccc(C(=O)Nc2ccc(C=O)cc2)cc1. The second-order valence-electron chi connectivity index (χ2n) is 3.92. The molecule has 4 heteroatoms. The summed E-state index contributed by atoms with van der Waals surface area (Å²) in [6.45, 7) is 0. The smallest absolute Gasteiger partial charge is 0.255 e. The lowest BCUT2D eigenvalue weighted by Gasteiger charge is -2.06.